The highest BCUT2D eigenvalue weighted by Crippen LogP contribution is 1.98. The van der Waals surface area contributed by atoms with E-state index in [0.29, 0.717) is 0 Å². The molecular weight excluding hydrogens is 88.9 g/mol. The second-order valence-corrected chi connectivity index (χ2v) is 1.32. The highest BCUT2D eigenvalue weighted by atomic mass is 16.5. The second-order valence-electron chi connectivity index (χ2n) is 1.32. The number of hydrogen-bond donors (Lipinski definition) is 1. The van der Waals surface area contributed by atoms with Crippen LogP contribution in [-0.4, -0.2) is 21.2 Å². The molecule has 1 rings (SSSR count). The molecule has 1 heterocycles. The lowest BCUT2D eigenvalue weighted by Crippen LogP contribution is -2.44. The Morgan fingerprint density at radius 1 is 1.14 bits per heavy atom. The molecule has 0 amide bonds. The SMILES string of the molecule is C1CCOC1.[B-][NH3+]. The first kappa shape index (κ1) is 6.98. The Morgan fingerprint density at radius 2 is 1.57 bits per heavy atom. The summed E-state index contributed by atoms with van der Waals surface area (Å²) >= 11 is 0. The average Bonchev–Trinajstić information content (AvgIpc) is 2.23. The van der Waals surface area contributed by atoms with Gasteiger partial charge in [0.25, 0.3) is 0 Å². The molecule has 1 aliphatic rings. The predicted molar refractivity (Wildman–Crippen MR) is 28.7 cm³/mol. The maximum absolute atomic E-state index is 4.94. The van der Waals surface area contributed by atoms with Gasteiger partial charge in [-0.3, -0.25) is 0 Å². The Labute approximate surface area is 45.5 Å². The van der Waals surface area contributed by atoms with Gasteiger partial charge in [-0.25, -0.2) is 7.98 Å². The molecule has 3 heteroatoms. The van der Waals surface area contributed by atoms with Gasteiger partial charge in [0, 0.05) is 13.2 Å². The average molecular weight is 100.0 g/mol. The summed E-state index contributed by atoms with van der Waals surface area (Å²) < 4.78 is 4.94. The van der Waals surface area contributed by atoms with Gasteiger partial charge in [-0.1, -0.05) is 0 Å². The van der Waals surface area contributed by atoms with E-state index in [2.05, 4.69) is 13.6 Å². The third-order valence-corrected chi connectivity index (χ3v) is 0.827. The molecule has 0 aromatic heterocycles. The first-order chi connectivity index (χ1) is 3.50. The second kappa shape index (κ2) is 5.98. The van der Waals surface area contributed by atoms with E-state index in [1.807, 2.05) is 0 Å². The lowest BCUT2D eigenvalue weighted by atomic mass is 10.4. The largest absolute Gasteiger partial charge is 0.619 e. The number of ether oxygens (including phenoxy) is 1. The summed E-state index contributed by atoms with van der Waals surface area (Å²) in [7, 11) is 4.25. The van der Waals surface area contributed by atoms with E-state index < -0.39 is 0 Å². The number of quaternary nitrogens is 1. The zero-order chi connectivity index (χ0) is 5.54. The van der Waals surface area contributed by atoms with E-state index >= 15 is 0 Å². The zero-order valence-electron chi connectivity index (χ0n) is 4.52. The molecular formula is C4H11BNO. The highest BCUT2D eigenvalue weighted by molar-refractivity contribution is 5.92. The molecule has 1 fully saturated rings. The van der Waals surface area contributed by atoms with Gasteiger partial charge in [0.2, 0.25) is 0 Å². The summed E-state index contributed by atoms with van der Waals surface area (Å²) in [6.45, 7) is 2.00. The van der Waals surface area contributed by atoms with Gasteiger partial charge in [0.15, 0.2) is 0 Å². The van der Waals surface area contributed by atoms with Gasteiger partial charge in [0.1, 0.15) is 0 Å². The third kappa shape index (κ3) is 3.82. The normalized spacial score (nSPS) is 18.0. The van der Waals surface area contributed by atoms with Gasteiger partial charge in [-0.15, -0.1) is 0 Å². The van der Waals surface area contributed by atoms with Gasteiger partial charge in [-0.2, -0.15) is 0 Å². The predicted octanol–water partition coefficient (Wildman–Crippen LogP) is -0.891. The fourth-order valence-corrected chi connectivity index (χ4v) is 0.510. The summed E-state index contributed by atoms with van der Waals surface area (Å²) in [5, 5.41) is 0. The van der Waals surface area contributed by atoms with Gasteiger partial charge in [0.05, 0.1) is 0 Å². The molecule has 0 aromatic carbocycles. The molecule has 0 saturated carbocycles. The van der Waals surface area contributed by atoms with E-state index in [9.17, 15) is 0 Å². The Balaban J connectivity index is 0.000000162. The minimum Gasteiger partial charge on any atom is -0.619 e. The highest BCUT2D eigenvalue weighted by Gasteiger charge is 1.94. The van der Waals surface area contributed by atoms with Crippen LogP contribution in [0.1, 0.15) is 12.8 Å². The van der Waals surface area contributed by atoms with Crippen molar-refractivity contribution in [3.8, 4) is 0 Å². The first-order valence-corrected chi connectivity index (χ1v) is 2.49. The summed E-state index contributed by atoms with van der Waals surface area (Å²) in [6, 6.07) is 0. The van der Waals surface area contributed by atoms with E-state index in [4.69, 9.17) is 4.74 Å². The van der Waals surface area contributed by atoms with Crippen LogP contribution in [0, 0.1) is 0 Å². The van der Waals surface area contributed by atoms with E-state index in [0.717, 1.165) is 13.2 Å². The topological polar surface area (TPSA) is 36.9 Å². The number of hydrogen-bond acceptors (Lipinski definition) is 1. The fraction of sp³-hybridized carbons (Fsp3) is 1.00. The van der Waals surface area contributed by atoms with Crippen molar-refractivity contribution in [1.82, 2.24) is 0 Å². The smallest absolute Gasteiger partial charge is 0.0466 e. The van der Waals surface area contributed by atoms with Gasteiger partial charge >= 0.3 is 0 Å². The van der Waals surface area contributed by atoms with Crippen molar-refractivity contribution in [2.24, 2.45) is 0 Å². The summed E-state index contributed by atoms with van der Waals surface area (Å²) in [4.78, 5) is 0. The van der Waals surface area contributed by atoms with Crippen LogP contribution in [0.25, 0.3) is 0 Å². The van der Waals surface area contributed by atoms with Crippen LogP contribution in [0.5, 0.6) is 0 Å². The molecule has 2 nitrogen and oxygen atoms in total. The molecule has 3 radical (unpaired) electrons. The van der Waals surface area contributed by atoms with Crippen LogP contribution in [0.3, 0.4) is 0 Å². The van der Waals surface area contributed by atoms with Crippen molar-refractivity contribution in [2.45, 2.75) is 12.8 Å². The lowest BCUT2D eigenvalue weighted by Gasteiger charge is -1.76. The third-order valence-electron chi connectivity index (χ3n) is 0.827. The quantitative estimate of drug-likeness (QED) is 0.394. The molecule has 0 aromatic rings. The summed E-state index contributed by atoms with van der Waals surface area (Å²) in [6.07, 6.45) is 2.56. The minimum atomic E-state index is 1.00. The molecule has 3 N–H and O–H groups in total. The van der Waals surface area contributed by atoms with Crippen LogP contribution in [0.2, 0.25) is 0 Å². The molecule has 41 valence electrons. The van der Waals surface area contributed by atoms with Crippen molar-refractivity contribution in [3.63, 3.8) is 0 Å². The van der Waals surface area contributed by atoms with Crippen molar-refractivity contribution in [3.05, 3.63) is 0 Å². The molecule has 1 aliphatic heterocycles. The Bertz CT molecular complexity index is 23.3. The molecule has 0 atom stereocenters. The van der Waals surface area contributed by atoms with Crippen LogP contribution < -0.4 is 5.64 Å². The Hall–Kier alpha value is -0.0151. The Morgan fingerprint density at radius 3 is 1.71 bits per heavy atom. The fourth-order valence-electron chi connectivity index (χ4n) is 0.510. The van der Waals surface area contributed by atoms with Crippen molar-refractivity contribution < 1.29 is 10.4 Å². The monoisotopic (exact) mass is 100 g/mol. The maximum atomic E-state index is 4.94. The molecule has 0 aliphatic carbocycles. The zero-order valence-corrected chi connectivity index (χ0v) is 4.52. The Kier molecular flexibility index (Phi) is 5.97. The van der Waals surface area contributed by atoms with Gasteiger partial charge in [-0.05, 0) is 12.8 Å². The summed E-state index contributed by atoms with van der Waals surface area (Å²) in [5.41, 5.74) is 2.75. The van der Waals surface area contributed by atoms with Crippen LogP contribution in [0.15, 0.2) is 0 Å². The maximum Gasteiger partial charge on any atom is 0.0466 e. The van der Waals surface area contributed by atoms with Crippen molar-refractivity contribution >= 4 is 7.98 Å². The van der Waals surface area contributed by atoms with E-state index in [-0.39, 0.29) is 0 Å². The van der Waals surface area contributed by atoms with Gasteiger partial charge < -0.3 is 10.4 Å². The lowest BCUT2D eigenvalue weighted by molar-refractivity contribution is -0.169. The summed E-state index contributed by atoms with van der Waals surface area (Å²) in [5.74, 6) is 0. The van der Waals surface area contributed by atoms with Crippen molar-refractivity contribution in [2.75, 3.05) is 13.2 Å². The van der Waals surface area contributed by atoms with Crippen LogP contribution in [-0.2, 0) is 4.74 Å². The number of rotatable bonds is 0. The molecule has 0 spiro atoms. The molecule has 0 unspecified atom stereocenters. The van der Waals surface area contributed by atoms with E-state index in [1.54, 1.807) is 0 Å². The van der Waals surface area contributed by atoms with Crippen molar-refractivity contribution in [1.29, 1.82) is 0 Å². The molecule has 1 saturated heterocycles. The molecule has 0 bridgehead atoms. The van der Waals surface area contributed by atoms with Crippen LogP contribution >= 0.6 is 0 Å². The molecule has 7 heavy (non-hydrogen) atoms. The first-order valence-electron chi connectivity index (χ1n) is 2.49. The standard InChI is InChI=1S/C4H8O.BH3N/c1-2-4-5-3-1;1-2/h1-4H2;2H3. The van der Waals surface area contributed by atoms with E-state index in [1.165, 1.54) is 12.8 Å². The minimum absolute atomic E-state index is 1.00. The van der Waals surface area contributed by atoms with Crippen LogP contribution in [0.4, 0.5) is 0 Å².